The Bertz CT molecular complexity index is 3150. The van der Waals surface area contributed by atoms with E-state index < -0.39 is 0 Å². The fourth-order valence-electron chi connectivity index (χ4n) is 12.4. The lowest BCUT2D eigenvalue weighted by molar-refractivity contribution is 0.332. The topological polar surface area (TPSA) is 6.48 Å². The fourth-order valence-corrected chi connectivity index (χ4v) is 13.7. The summed E-state index contributed by atoms with van der Waals surface area (Å²) >= 11 is 2.06. The molecule has 0 radical (unpaired) electrons. The summed E-state index contributed by atoms with van der Waals surface area (Å²) in [7, 11) is 0. The second-order valence-corrected chi connectivity index (χ2v) is 25.2. The minimum atomic E-state index is -0.00895. The van der Waals surface area contributed by atoms with Crippen LogP contribution in [0.4, 0.5) is 34.1 Å². The highest BCUT2D eigenvalue weighted by molar-refractivity contribution is 7.33. The standard InChI is InChI=1S/C61H67BN2S/c1-36-29-51-54-52(30-36)64(49-23-19-39(31-38(49)3)42-18-16-15-17-37(42)2)50-24-20-40(57(4,5)6)32-48(50)62(54)56-55(43-34-46-47(35-53(43)65-56)61(13,14)28-27-60(46,11)12)63(51)41-21-22-44-45(33-41)59(9,10)26-25-58(44,7)8/h15-24,29-35H,25-28H2,1-14H3. The zero-order chi connectivity index (χ0) is 45.9. The molecule has 4 heteroatoms. The molecule has 0 saturated heterocycles. The van der Waals surface area contributed by atoms with E-state index >= 15 is 0 Å². The quantitative estimate of drug-likeness (QED) is 0.163. The predicted octanol–water partition coefficient (Wildman–Crippen LogP) is 15.6. The van der Waals surface area contributed by atoms with Crippen molar-refractivity contribution in [3.63, 3.8) is 0 Å². The smallest absolute Gasteiger partial charge is 0.264 e. The normalized spacial score (nSPS) is 18.5. The maximum atomic E-state index is 2.73. The average Bonchev–Trinajstić information content (AvgIpc) is 3.61. The molecule has 65 heavy (non-hydrogen) atoms. The van der Waals surface area contributed by atoms with E-state index in [-0.39, 0.29) is 33.8 Å². The Labute approximate surface area is 394 Å². The van der Waals surface area contributed by atoms with Gasteiger partial charge in [-0.2, -0.15) is 0 Å². The SMILES string of the molecule is Cc1cc2c3c(c1)N(c1ccc4c(c1)C(C)(C)CCC4(C)C)c1c(sc4cc5c(cc14)C(C)(C)CCC5(C)C)B3c1cc(C(C)(C)C)ccc1N2c1ccc(-c2ccccc2C)cc1C. The zero-order valence-electron chi connectivity index (χ0n) is 41.5. The summed E-state index contributed by atoms with van der Waals surface area (Å²) in [5.41, 5.74) is 24.9. The Morgan fingerprint density at radius 3 is 1.78 bits per heavy atom. The fraction of sp³-hybridized carbons (Fsp3) is 0.377. The van der Waals surface area contributed by atoms with Crippen LogP contribution in [-0.2, 0) is 27.1 Å². The third-order valence-corrected chi connectivity index (χ3v) is 17.8. The van der Waals surface area contributed by atoms with Crippen LogP contribution in [0.15, 0.2) is 103 Å². The van der Waals surface area contributed by atoms with Gasteiger partial charge in [-0.05, 0) is 195 Å². The molecule has 0 unspecified atom stereocenters. The van der Waals surface area contributed by atoms with Crippen molar-refractivity contribution in [3.8, 4) is 11.1 Å². The van der Waals surface area contributed by atoms with Crippen LogP contribution in [0.2, 0.25) is 0 Å². The van der Waals surface area contributed by atoms with E-state index in [1.165, 1.54) is 141 Å². The molecule has 330 valence electrons. The summed E-state index contributed by atoms with van der Waals surface area (Å²) in [6.07, 6.45) is 4.79. The van der Waals surface area contributed by atoms with Gasteiger partial charge in [0, 0.05) is 43.3 Å². The van der Waals surface area contributed by atoms with Crippen LogP contribution < -0.4 is 25.5 Å². The average molecular weight is 871 g/mol. The molecule has 4 aliphatic rings. The summed E-state index contributed by atoms with van der Waals surface area (Å²) in [5.74, 6) is 0. The van der Waals surface area contributed by atoms with Crippen LogP contribution in [-0.4, -0.2) is 6.71 Å². The first-order chi connectivity index (χ1) is 30.6. The van der Waals surface area contributed by atoms with Gasteiger partial charge in [0.1, 0.15) is 0 Å². The molecule has 7 aromatic rings. The third-order valence-electron chi connectivity index (χ3n) is 16.6. The van der Waals surface area contributed by atoms with E-state index in [2.05, 4.69) is 221 Å². The predicted molar refractivity (Wildman–Crippen MR) is 285 cm³/mol. The second kappa shape index (κ2) is 14.0. The molecule has 0 amide bonds. The van der Waals surface area contributed by atoms with Gasteiger partial charge in [-0.3, -0.25) is 0 Å². The summed E-state index contributed by atoms with van der Waals surface area (Å²) in [6, 6.07) is 41.2. The highest BCUT2D eigenvalue weighted by Crippen LogP contribution is 2.54. The molecule has 3 heterocycles. The molecule has 2 aliphatic heterocycles. The van der Waals surface area contributed by atoms with Crippen LogP contribution >= 0.6 is 11.3 Å². The van der Waals surface area contributed by atoms with Crippen molar-refractivity contribution in [1.82, 2.24) is 0 Å². The lowest BCUT2D eigenvalue weighted by Gasteiger charge is -2.45. The molecule has 6 aromatic carbocycles. The Hall–Kier alpha value is -5.06. The molecule has 0 atom stereocenters. The summed E-state index contributed by atoms with van der Waals surface area (Å²) < 4.78 is 2.88. The summed E-state index contributed by atoms with van der Waals surface area (Å²) in [6.45, 7) is 33.8. The van der Waals surface area contributed by atoms with Gasteiger partial charge >= 0.3 is 0 Å². The lowest BCUT2D eigenvalue weighted by Crippen LogP contribution is -2.60. The van der Waals surface area contributed by atoms with Crippen molar-refractivity contribution in [2.24, 2.45) is 0 Å². The summed E-state index contributed by atoms with van der Waals surface area (Å²) in [5, 5.41) is 1.40. The monoisotopic (exact) mass is 871 g/mol. The Kier molecular flexibility index (Phi) is 9.16. The minimum Gasteiger partial charge on any atom is -0.311 e. The van der Waals surface area contributed by atoms with Crippen LogP contribution in [0.5, 0.6) is 0 Å². The van der Waals surface area contributed by atoms with Crippen molar-refractivity contribution in [1.29, 1.82) is 0 Å². The van der Waals surface area contributed by atoms with E-state index in [0.717, 1.165) is 0 Å². The van der Waals surface area contributed by atoms with Gasteiger partial charge < -0.3 is 9.80 Å². The number of hydrogen-bond acceptors (Lipinski definition) is 3. The highest BCUT2D eigenvalue weighted by Gasteiger charge is 2.47. The van der Waals surface area contributed by atoms with Crippen LogP contribution in [0.3, 0.4) is 0 Å². The van der Waals surface area contributed by atoms with Crippen molar-refractivity contribution in [2.75, 3.05) is 9.80 Å². The molecular formula is C61H67BN2S. The number of fused-ring (bicyclic) bond motifs is 8. The zero-order valence-corrected chi connectivity index (χ0v) is 42.3. The summed E-state index contributed by atoms with van der Waals surface area (Å²) in [4.78, 5) is 5.35. The molecule has 2 aliphatic carbocycles. The number of thiophene rings is 1. The van der Waals surface area contributed by atoms with E-state index in [1.807, 2.05) is 0 Å². The van der Waals surface area contributed by atoms with Crippen molar-refractivity contribution < 1.29 is 0 Å². The van der Waals surface area contributed by atoms with Crippen LogP contribution in [0.25, 0.3) is 21.2 Å². The molecule has 0 N–H and O–H groups in total. The largest absolute Gasteiger partial charge is 0.311 e. The number of rotatable bonds is 3. The van der Waals surface area contributed by atoms with E-state index in [9.17, 15) is 0 Å². The lowest BCUT2D eigenvalue weighted by atomic mass is 9.36. The van der Waals surface area contributed by atoms with Crippen molar-refractivity contribution in [3.05, 3.63) is 148 Å². The van der Waals surface area contributed by atoms with Crippen LogP contribution in [0, 0.1) is 20.8 Å². The molecule has 11 rings (SSSR count). The molecular weight excluding hydrogens is 804 g/mol. The second-order valence-electron chi connectivity index (χ2n) is 24.1. The Morgan fingerprint density at radius 2 is 1.14 bits per heavy atom. The molecule has 0 fully saturated rings. The number of hydrogen-bond donors (Lipinski definition) is 0. The van der Waals surface area contributed by atoms with Gasteiger partial charge in [-0.1, -0.05) is 125 Å². The first-order valence-corrected chi connectivity index (χ1v) is 25.2. The first-order valence-electron chi connectivity index (χ1n) is 24.4. The van der Waals surface area contributed by atoms with E-state index in [0.29, 0.717) is 0 Å². The first kappa shape index (κ1) is 42.6. The molecule has 0 bridgehead atoms. The highest BCUT2D eigenvalue weighted by atomic mass is 32.1. The minimum absolute atomic E-state index is 0.00895. The van der Waals surface area contributed by atoms with Crippen molar-refractivity contribution >= 4 is 78.0 Å². The van der Waals surface area contributed by atoms with Gasteiger partial charge in [-0.25, -0.2) is 0 Å². The number of benzene rings is 6. The van der Waals surface area contributed by atoms with Gasteiger partial charge in [0.05, 0.1) is 5.69 Å². The third kappa shape index (κ3) is 6.39. The maximum Gasteiger partial charge on any atom is 0.264 e. The molecule has 2 nitrogen and oxygen atoms in total. The van der Waals surface area contributed by atoms with Gasteiger partial charge in [0.15, 0.2) is 0 Å². The van der Waals surface area contributed by atoms with E-state index in [1.54, 1.807) is 0 Å². The van der Waals surface area contributed by atoms with Gasteiger partial charge in [0.2, 0.25) is 0 Å². The van der Waals surface area contributed by atoms with Crippen LogP contribution in [0.1, 0.15) is 146 Å². The van der Waals surface area contributed by atoms with E-state index in [4.69, 9.17) is 0 Å². The number of aryl methyl sites for hydroxylation is 3. The van der Waals surface area contributed by atoms with Gasteiger partial charge in [0.25, 0.3) is 6.71 Å². The number of anilines is 6. The van der Waals surface area contributed by atoms with Gasteiger partial charge in [-0.15, -0.1) is 11.3 Å². The number of nitrogens with zero attached hydrogens (tertiary/aromatic N) is 2. The Balaban J connectivity index is 1.24. The molecule has 0 spiro atoms. The Morgan fingerprint density at radius 1 is 0.538 bits per heavy atom. The maximum absolute atomic E-state index is 2.73. The molecule has 1 aromatic heterocycles. The van der Waals surface area contributed by atoms with Crippen molar-refractivity contribution in [2.45, 2.75) is 150 Å². The molecule has 0 saturated carbocycles.